The van der Waals surface area contributed by atoms with E-state index in [4.69, 9.17) is 0 Å². The van der Waals surface area contributed by atoms with E-state index < -0.39 is 0 Å². The van der Waals surface area contributed by atoms with Gasteiger partial charge in [0.25, 0.3) is 0 Å². The van der Waals surface area contributed by atoms with Crippen LogP contribution in [0.3, 0.4) is 0 Å². The number of carbonyl (C=O) groups excluding carboxylic acids is 2. The lowest BCUT2D eigenvalue weighted by Gasteiger charge is -2.18. The number of nitrogens with zero attached hydrogens (tertiary/aromatic N) is 2. The zero-order valence-electron chi connectivity index (χ0n) is 15.0. The second-order valence-electron chi connectivity index (χ2n) is 6.96. The van der Waals surface area contributed by atoms with E-state index >= 15 is 0 Å². The van der Waals surface area contributed by atoms with Crippen molar-refractivity contribution in [2.45, 2.75) is 32.6 Å². The number of imide groups is 1. The highest BCUT2D eigenvalue weighted by atomic mass is 127. The molecule has 3 rings (SSSR count). The molecule has 2 amide bonds. The third-order valence-corrected chi connectivity index (χ3v) is 5.49. The first-order valence-corrected chi connectivity index (χ1v) is 9.15. The second kappa shape index (κ2) is 9.00. The summed E-state index contributed by atoms with van der Waals surface area (Å²) >= 11 is 0. The number of halogens is 1. The Morgan fingerprint density at radius 3 is 2.28 bits per heavy atom. The summed E-state index contributed by atoms with van der Waals surface area (Å²) in [6, 6.07) is 0. The lowest BCUT2D eigenvalue weighted by molar-refractivity contribution is -0.140. The minimum atomic E-state index is -0.0982. The van der Waals surface area contributed by atoms with E-state index in [1.54, 1.807) is 7.05 Å². The first kappa shape index (κ1) is 20.2. The monoisotopic (exact) mass is 460 g/mol. The highest BCUT2D eigenvalue weighted by Gasteiger charge is 2.58. The highest BCUT2D eigenvalue weighted by Crippen LogP contribution is 2.52. The first-order chi connectivity index (χ1) is 11.7. The predicted octanol–water partition coefficient (Wildman–Crippen LogP) is 1.77. The summed E-state index contributed by atoms with van der Waals surface area (Å²) in [5.41, 5.74) is 0. The summed E-state index contributed by atoms with van der Waals surface area (Å²) in [5, 5.41) is 6.45. The fraction of sp³-hybridized carbons (Fsp3) is 0.722. The summed E-state index contributed by atoms with van der Waals surface area (Å²) in [4.78, 5) is 30.8. The van der Waals surface area contributed by atoms with Gasteiger partial charge in [-0.25, -0.2) is 0 Å². The topological polar surface area (TPSA) is 73.8 Å². The van der Waals surface area contributed by atoms with Crippen LogP contribution in [0.25, 0.3) is 0 Å². The Morgan fingerprint density at radius 1 is 1.12 bits per heavy atom. The molecule has 25 heavy (non-hydrogen) atoms. The Morgan fingerprint density at radius 2 is 1.72 bits per heavy atom. The zero-order chi connectivity index (χ0) is 17.1. The molecule has 0 aromatic rings. The molecule has 140 valence electrons. The molecule has 3 aliphatic rings. The van der Waals surface area contributed by atoms with Crippen LogP contribution in [0.2, 0.25) is 0 Å². The number of fused-ring (bicyclic) bond motifs is 5. The molecule has 4 unspecified atom stereocenters. The molecule has 1 heterocycles. The number of unbranched alkanes of at least 4 members (excludes halogenated alkanes) is 2. The Kier molecular flexibility index (Phi) is 7.27. The predicted molar refractivity (Wildman–Crippen MR) is 109 cm³/mol. The summed E-state index contributed by atoms with van der Waals surface area (Å²) < 4.78 is 0. The van der Waals surface area contributed by atoms with Gasteiger partial charge in [-0.05, 0) is 24.7 Å². The Bertz CT molecular complexity index is 533. The van der Waals surface area contributed by atoms with Crippen molar-refractivity contribution in [1.29, 1.82) is 0 Å². The lowest BCUT2D eigenvalue weighted by Crippen LogP contribution is -2.43. The second-order valence-corrected chi connectivity index (χ2v) is 6.96. The number of amides is 2. The van der Waals surface area contributed by atoms with Gasteiger partial charge in [0.1, 0.15) is 0 Å². The average molecular weight is 460 g/mol. The minimum absolute atomic E-state index is 0. The molecular formula is C18H29IN4O2. The van der Waals surface area contributed by atoms with Crippen molar-refractivity contribution >= 4 is 41.8 Å². The summed E-state index contributed by atoms with van der Waals surface area (Å²) in [7, 11) is 1.73. The van der Waals surface area contributed by atoms with Gasteiger partial charge in [-0.15, -0.1) is 24.0 Å². The van der Waals surface area contributed by atoms with Gasteiger partial charge in [0.15, 0.2) is 5.96 Å². The summed E-state index contributed by atoms with van der Waals surface area (Å²) in [6.07, 6.45) is 8.72. The van der Waals surface area contributed by atoms with Gasteiger partial charge >= 0.3 is 0 Å². The van der Waals surface area contributed by atoms with Gasteiger partial charge in [0.05, 0.1) is 11.8 Å². The number of aliphatic imine (C=N–C) groups is 1. The van der Waals surface area contributed by atoms with E-state index in [1.165, 1.54) is 17.7 Å². The van der Waals surface area contributed by atoms with Gasteiger partial charge in [-0.2, -0.15) is 0 Å². The van der Waals surface area contributed by atoms with Gasteiger partial charge in [0, 0.05) is 26.7 Å². The van der Waals surface area contributed by atoms with Gasteiger partial charge < -0.3 is 10.6 Å². The van der Waals surface area contributed by atoms with Crippen molar-refractivity contribution in [3.63, 3.8) is 0 Å². The number of hydrogen-bond acceptors (Lipinski definition) is 3. The maximum Gasteiger partial charge on any atom is 0.233 e. The van der Waals surface area contributed by atoms with E-state index in [9.17, 15) is 9.59 Å². The van der Waals surface area contributed by atoms with E-state index in [-0.39, 0.29) is 59.5 Å². The van der Waals surface area contributed by atoms with Crippen molar-refractivity contribution in [3.8, 4) is 0 Å². The number of carbonyl (C=O) groups is 2. The van der Waals surface area contributed by atoms with Crippen LogP contribution in [-0.4, -0.2) is 49.4 Å². The molecule has 1 saturated carbocycles. The first-order valence-electron chi connectivity index (χ1n) is 9.15. The molecule has 0 aromatic carbocycles. The standard InChI is InChI=1S/C18H28N4O2.HI/c1-3-4-5-8-20-18(19-2)21-9-10-22-16(23)14-12-6-7-13(11-12)15(14)17(22)24;/h6-7,12-15H,3-5,8-11H2,1-2H3,(H2,19,20,21);1H. The molecule has 0 spiro atoms. The molecule has 2 N–H and O–H groups in total. The summed E-state index contributed by atoms with van der Waals surface area (Å²) in [5.74, 6) is 1.14. The molecule has 6 nitrogen and oxygen atoms in total. The molecule has 1 aliphatic heterocycles. The van der Waals surface area contributed by atoms with Crippen LogP contribution >= 0.6 is 24.0 Å². The molecule has 0 radical (unpaired) electrons. The Hall–Kier alpha value is -1.12. The zero-order valence-corrected chi connectivity index (χ0v) is 17.4. The van der Waals surface area contributed by atoms with Crippen molar-refractivity contribution < 1.29 is 9.59 Å². The average Bonchev–Trinajstić information content (AvgIpc) is 3.26. The van der Waals surface area contributed by atoms with Crippen LogP contribution in [0.4, 0.5) is 0 Å². The Labute approximate surface area is 166 Å². The van der Waals surface area contributed by atoms with E-state index in [1.807, 2.05) is 0 Å². The number of allylic oxidation sites excluding steroid dienone is 2. The number of nitrogens with one attached hydrogen (secondary N) is 2. The van der Waals surface area contributed by atoms with Crippen LogP contribution in [0.5, 0.6) is 0 Å². The van der Waals surface area contributed by atoms with Gasteiger partial charge in [-0.3, -0.25) is 19.5 Å². The fourth-order valence-corrected chi connectivity index (χ4v) is 4.27. The molecule has 1 saturated heterocycles. The maximum atomic E-state index is 12.6. The molecule has 4 atom stereocenters. The quantitative estimate of drug-likeness (QED) is 0.152. The third-order valence-electron chi connectivity index (χ3n) is 5.49. The third kappa shape index (κ3) is 4.01. The number of hydrogen-bond donors (Lipinski definition) is 2. The highest BCUT2D eigenvalue weighted by molar-refractivity contribution is 14.0. The van der Waals surface area contributed by atoms with E-state index in [0.717, 1.165) is 25.3 Å². The van der Waals surface area contributed by atoms with Crippen LogP contribution < -0.4 is 10.6 Å². The van der Waals surface area contributed by atoms with Gasteiger partial charge in [0.2, 0.25) is 11.8 Å². The van der Waals surface area contributed by atoms with Crippen LogP contribution in [0.15, 0.2) is 17.1 Å². The van der Waals surface area contributed by atoms with Crippen molar-refractivity contribution in [1.82, 2.24) is 15.5 Å². The van der Waals surface area contributed by atoms with Crippen LogP contribution in [0, 0.1) is 23.7 Å². The molecular weight excluding hydrogens is 431 g/mol. The van der Waals surface area contributed by atoms with Crippen LogP contribution in [0.1, 0.15) is 32.6 Å². The normalized spacial score (nSPS) is 29.8. The van der Waals surface area contributed by atoms with E-state index in [0.29, 0.717) is 13.1 Å². The number of rotatable bonds is 7. The van der Waals surface area contributed by atoms with E-state index in [2.05, 4.69) is 34.7 Å². The summed E-state index contributed by atoms with van der Waals surface area (Å²) in [6.45, 7) is 4.01. The molecule has 2 aliphatic carbocycles. The smallest absolute Gasteiger partial charge is 0.233 e. The molecule has 0 aromatic heterocycles. The van der Waals surface area contributed by atoms with Crippen molar-refractivity contribution in [3.05, 3.63) is 12.2 Å². The Balaban J connectivity index is 0.00000225. The fourth-order valence-electron chi connectivity index (χ4n) is 4.27. The molecule has 7 heteroatoms. The largest absolute Gasteiger partial charge is 0.356 e. The number of likely N-dealkylation sites (tertiary alicyclic amines) is 1. The molecule has 2 fully saturated rings. The lowest BCUT2D eigenvalue weighted by atomic mass is 9.85. The number of guanidine groups is 1. The van der Waals surface area contributed by atoms with Crippen molar-refractivity contribution in [2.75, 3.05) is 26.7 Å². The minimum Gasteiger partial charge on any atom is -0.356 e. The maximum absolute atomic E-state index is 12.6. The van der Waals surface area contributed by atoms with Crippen molar-refractivity contribution in [2.24, 2.45) is 28.7 Å². The SMILES string of the molecule is CCCCCNC(=NC)NCCN1C(=O)C2C3C=CC(C3)C2C1=O.I. The van der Waals surface area contributed by atoms with Gasteiger partial charge in [-0.1, -0.05) is 31.9 Å². The molecule has 2 bridgehead atoms. The van der Waals surface area contributed by atoms with Crippen LogP contribution in [-0.2, 0) is 9.59 Å².